The number of guanidine groups is 1. The number of methoxy groups -OCH3 is 1. The number of piperidine rings is 1. The lowest BCUT2D eigenvalue weighted by Gasteiger charge is -2.33. The van der Waals surface area contributed by atoms with Crippen LogP contribution in [0.4, 0.5) is 5.00 Å². The van der Waals surface area contributed by atoms with Gasteiger partial charge in [0.25, 0.3) is 0 Å². The van der Waals surface area contributed by atoms with Crippen molar-refractivity contribution in [2.45, 2.75) is 38.1 Å². The van der Waals surface area contributed by atoms with Gasteiger partial charge < -0.3 is 20.3 Å². The van der Waals surface area contributed by atoms with Crippen LogP contribution in [0.1, 0.15) is 31.2 Å². The molecule has 0 amide bonds. The third-order valence-corrected chi connectivity index (χ3v) is 6.15. The SMILES string of the molecule is CN=C(NCCCCc1ccc(OC)cc1)NC1CCN(c2cccs2)CC1.I. The highest BCUT2D eigenvalue weighted by molar-refractivity contribution is 14.0. The molecule has 0 spiro atoms. The summed E-state index contributed by atoms with van der Waals surface area (Å²) in [5.41, 5.74) is 1.36. The Hall–Kier alpha value is -1.48. The van der Waals surface area contributed by atoms with E-state index >= 15 is 0 Å². The Balaban J connectivity index is 0.00000300. The molecule has 1 aromatic carbocycles. The average Bonchev–Trinajstić information content (AvgIpc) is 3.28. The van der Waals surface area contributed by atoms with Crippen molar-refractivity contribution < 1.29 is 4.74 Å². The quantitative estimate of drug-likeness (QED) is 0.229. The molecule has 1 aliphatic rings. The lowest BCUT2D eigenvalue weighted by molar-refractivity contribution is 0.414. The molecule has 0 aliphatic carbocycles. The lowest BCUT2D eigenvalue weighted by atomic mass is 10.1. The normalized spacial score (nSPS) is 15.0. The van der Waals surface area contributed by atoms with E-state index in [0.717, 1.165) is 63.4 Å². The van der Waals surface area contributed by atoms with Crippen LogP contribution < -0.4 is 20.3 Å². The zero-order valence-corrected chi connectivity index (χ0v) is 20.5. The number of benzene rings is 1. The van der Waals surface area contributed by atoms with Gasteiger partial charge in [0, 0.05) is 32.7 Å². The van der Waals surface area contributed by atoms with Crippen LogP contribution in [0.5, 0.6) is 5.75 Å². The van der Waals surface area contributed by atoms with E-state index in [1.54, 1.807) is 7.11 Å². The van der Waals surface area contributed by atoms with Gasteiger partial charge in [0.1, 0.15) is 5.75 Å². The predicted octanol–water partition coefficient (Wildman–Crippen LogP) is 4.53. The molecule has 2 heterocycles. The number of hydrogen-bond acceptors (Lipinski definition) is 4. The molecule has 0 radical (unpaired) electrons. The van der Waals surface area contributed by atoms with Gasteiger partial charge in [0.15, 0.2) is 5.96 Å². The zero-order chi connectivity index (χ0) is 19.6. The molecule has 2 aromatic rings. The van der Waals surface area contributed by atoms with E-state index in [-0.39, 0.29) is 24.0 Å². The topological polar surface area (TPSA) is 48.9 Å². The van der Waals surface area contributed by atoms with Crippen molar-refractivity contribution in [2.75, 3.05) is 38.7 Å². The van der Waals surface area contributed by atoms with Crippen molar-refractivity contribution in [1.82, 2.24) is 10.6 Å². The molecule has 3 rings (SSSR count). The molecule has 29 heavy (non-hydrogen) atoms. The molecule has 0 bridgehead atoms. The third kappa shape index (κ3) is 7.70. The number of nitrogens with one attached hydrogen (secondary N) is 2. The largest absolute Gasteiger partial charge is 0.497 e. The Bertz CT molecular complexity index is 713. The van der Waals surface area contributed by atoms with Crippen LogP contribution in [0.25, 0.3) is 0 Å². The first-order chi connectivity index (χ1) is 13.8. The third-order valence-electron chi connectivity index (χ3n) is 5.22. The number of hydrogen-bond donors (Lipinski definition) is 2. The Kier molecular flexibility index (Phi) is 10.6. The summed E-state index contributed by atoms with van der Waals surface area (Å²) in [6, 6.07) is 13.2. The molecular formula is C22H33IN4OS. The van der Waals surface area contributed by atoms with Crippen molar-refractivity contribution in [3.63, 3.8) is 0 Å². The van der Waals surface area contributed by atoms with Crippen molar-refractivity contribution >= 4 is 46.3 Å². The maximum atomic E-state index is 5.21. The van der Waals surface area contributed by atoms with E-state index in [1.807, 2.05) is 30.5 Å². The van der Waals surface area contributed by atoms with Crippen molar-refractivity contribution in [3.05, 3.63) is 47.3 Å². The number of anilines is 1. The summed E-state index contributed by atoms with van der Waals surface area (Å²) in [7, 11) is 3.56. The van der Waals surface area contributed by atoms with Crippen LogP contribution >= 0.6 is 35.3 Å². The predicted molar refractivity (Wildman–Crippen MR) is 135 cm³/mol. The van der Waals surface area contributed by atoms with Crippen LogP contribution in [-0.2, 0) is 6.42 Å². The molecule has 160 valence electrons. The Labute approximate surface area is 196 Å². The van der Waals surface area contributed by atoms with E-state index in [9.17, 15) is 0 Å². The molecule has 5 nitrogen and oxygen atoms in total. The summed E-state index contributed by atoms with van der Waals surface area (Å²) in [5.74, 6) is 1.85. The highest BCUT2D eigenvalue weighted by Gasteiger charge is 2.20. The number of halogens is 1. The minimum Gasteiger partial charge on any atom is -0.497 e. The number of nitrogens with zero attached hydrogens (tertiary/aromatic N) is 2. The lowest BCUT2D eigenvalue weighted by Crippen LogP contribution is -2.48. The van der Waals surface area contributed by atoms with Gasteiger partial charge in [0.05, 0.1) is 12.1 Å². The molecule has 1 aromatic heterocycles. The molecule has 1 fully saturated rings. The van der Waals surface area contributed by atoms with Gasteiger partial charge >= 0.3 is 0 Å². The minimum absolute atomic E-state index is 0. The van der Waals surface area contributed by atoms with Gasteiger partial charge in [-0.3, -0.25) is 4.99 Å². The van der Waals surface area contributed by atoms with Crippen LogP contribution in [0.15, 0.2) is 46.8 Å². The Morgan fingerprint density at radius 2 is 1.93 bits per heavy atom. The smallest absolute Gasteiger partial charge is 0.191 e. The van der Waals surface area contributed by atoms with Crippen LogP contribution in [-0.4, -0.2) is 45.8 Å². The first kappa shape index (κ1) is 23.8. The van der Waals surface area contributed by atoms with Gasteiger partial charge in [-0.2, -0.15) is 0 Å². The minimum atomic E-state index is 0. The number of aryl methyl sites for hydroxylation is 1. The van der Waals surface area contributed by atoms with Crippen LogP contribution in [0.3, 0.4) is 0 Å². The summed E-state index contributed by atoms with van der Waals surface area (Å²) in [4.78, 5) is 6.88. The van der Waals surface area contributed by atoms with Crippen molar-refractivity contribution in [3.8, 4) is 5.75 Å². The average molecular weight is 529 g/mol. The summed E-state index contributed by atoms with van der Waals surface area (Å²) >= 11 is 1.83. The van der Waals surface area contributed by atoms with Gasteiger partial charge in [0.2, 0.25) is 0 Å². The second kappa shape index (κ2) is 13.0. The summed E-state index contributed by atoms with van der Waals surface area (Å²) in [6.45, 7) is 3.16. The number of thiophene rings is 1. The summed E-state index contributed by atoms with van der Waals surface area (Å²) in [6.07, 6.45) is 5.68. The van der Waals surface area contributed by atoms with Crippen LogP contribution in [0, 0.1) is 0 Å². The Morgan fingerprint density at radius 3 is 2.55 bits per heavy atom. The molecule has 0 unspecified atom stereocenters. The van der Waals surface area contributed by atoms with Crippen molar-refractivity contribution in [2.24, 2.45) is 4.99 Å². The van der Waals surface area contributed by atoms with Gasteiger partial charge in [-0.1, -0.05) is 12.1 Å². The second-order valence-corrected chi connectivity index (χ2v) is 8.09. The maximum absolute atomic E-state index is 5.21. The molecule has 0 atom stereocenters. The first-order valence-electron chi connectivity index (χ1n) is 10.2. The molecule has 0 saturated carbocycles. The van der Waals surface area contributed by atoms with Gasteiger partial charge in [-0.15, -0.1) is 35.3 Å². The molecule has 2 N–H and O–H groups in total. The zero-order valence-electron chi connectivity index (χ0n) is 17.4. The summed E-state index contributed by atoms with van der Waals surface area (Å²) < 4.78 is 5.21. The number of rotatable bonds is 8. The highest BCUT2D eigenvalue weighted by atomic mass is 127. The fraction of sp³-hybridized carbons (Fsp3) is 0.500. The Morgan fingerprint density at radius 1 is 1.17 bits per heavy atom. The monoisotopic (exact) mass is 528 g/mol. The van der Waals surface area contributed by atoms with Crippen molar-refractivity contribution in [1.29, 1.82) is 0 Å². The first-order valence-corrected chi connectivity index (χ1v) is 11.0. The maximum Gasteiger partial charge on any atom is 0.191 e. The highest BCUT2D eigenvalue weighted by Crippen LogP contribution is 2.24. The van der Waals surface area contributed by atoms with Gasteiger partial charge in [-0.05, 0) is 67.3 Å². The fourth-order valence-corrected chi connectivity index (χ4v) is 4.32. The molecular weight excluding hydrogens is 495 g/mol. The van der Waals surface area contributed by atoms with Crippen LogP contribution in [0.2, 0.25) is 0 Å². The number of aliphatic imine (C=N–C) groups is 1. The van der Waals surface area contributed by atoms with E-state index < -0.39 is 0 Å². The molecule has 1 aliphatic heterocycles. The number of unbranched alkanes of at least 4 members (excludes halogenated alkanes) is 1. The summed E-state index contributed by atoms with van der Waals surface area (Å²) in [5, 5.41) is 10.6. The van der Waals surface area contributed by atoms with E-state index in [4.69, 9.17) is 4.74 Å². The molecule has 1 saturated heterocycles. The van der Waals surface area contributed by atoms with Gasteiger partial charge in [-0.25, -0.2) is 0 Å². The van der Waals surface area contributed by atoms with E-state index in [0.29, 0.717) is 6.04 Å². The van der Waals surface area contributed by atoms with E-state index in [1.165, 1.54) is 10.6 Å². The standard InChI is InChI=1S/C22H32N4OS.HI/c1-23-22(24-14-4-3-6-18-8-10-20(27-2)11-9-18)25-19-12-15-26(16-13-19)21-7-5-17-28-21;/h5,7-11,17,19H,3-4,6,12-16H2,1-2H3,(H2,23,24,25);1H. The number of ether oxygens (including phenoxy) is 1. The molecule has 7 heteroatoms. The second-order valence-electron chi connectivity index (χ2n) is 7.16. The van der Waals surface area contributed by atoms with E-state index in [2.05, 4.69) is 50.2 Å². The fourth-order valence-electron chi connectivity index (χ4n) is 3.54.